The van der Waals surface area contributed by atoms with Gasteiger partial charge in [0.1, 0.15) is 0 Å². The lowest BCUT2D eigenvalue weighted by molar-refractivity contribution is 0.0997. The number of hydrogen-bond donors (Lipinski definition) is 3. The number of thiophene rings is 1. The van der Waals surface area contributed by atoms with Crippen LogP contribution in [0, 0.1) is 0 Å². The number of carbonyl (C=O) groups excluding carboxylic acids is 3. The lowest BCUT2D eigenvalue weighted by atomic mass is 10.1. The van der Waals surface area contributed by atoms with Crippen molar-refractivity contribution < 1.29 is 14.4 Å². The molecule has 0 radical (unpaired) electrons. The van der Waals surface area contributed by atoms with Gasteiger partial charge in [-0.1, -0.05) is 6.07 Å². The summed E-state index contributed by atoms with van der Waals surface area (Å²) in [5, 5.41) is 7.33. The Kier molecular flexibility index (Phi) is 5.09. The number of amides is 3. The van der Waals surface area contributed by atoms with E-state index in [-0.39, 0.29) is 11.8 Å². The van der Waals surface area contributed by atoms with E-state index in [2.05, 4.69) is 10.6 Å². The summed E-state index contributed by atoms with van der Waals surface area (Å²) in [6.07, 6.45) is 0. The fraction of sp³-hybridized carbons (Fsp3) is 0. The highest BCUT2D eigenvalue weighted by Gasteiger charge is 2.09. The standard InChI is InChI=1S/C19H15N3O3S/c20-17(23)12-3-7-14(8-4-12)21-18(24)13-5-9-15(10-6-13)22-19(25)16-2-1-11-26-16/h1-11H,(H2,20,23)(H,21,24)(H,22,25). The van der Waals surface area contributed by atoms with E-state index in [1.807, 2.05) is 11.4 Å². The molecular weight excluding hydrogens is 350 g/mol. The number of benzene rings is 2. The van der Waals surface area contributed by atoms with Gasteiger partial charge in [-0.2, -0.15) is 0 Å². The quantitative estimate of drug-likeness (QED) is 0.646. The van der Waals surface area contributed by atoms with E-state index in [1.165, 1.54) is 11.3 Å². The van der Waals surface area contributed by atoms with Crippen LogP contribution in [0.1, 0.15) is 30.4 Å². The van der Waals surface area contributed by atoms with Gasteiger partial charge in [-0.3, -0.25) is 14.4 Å². The molecule has 0 saturated carbocycles. The predicted molar refractivity (Wildman–Crippen MR) is 102 cm³/mol. The summed E-state index contributed by atoms with van der Waals surface area (Å²) in [5.41, 5.74) is 7.15. The average Bonchev–Trinajstić information content (AvgIpc) is 3.17. The Labute approximate surface area is 153 Å². The van der Waals surface area contributed by atoms with Crippen molar-refractivity contribution in [2.75, 3.05) is 10.6 Å². The molecule has 2 aromatic carbocycles. The monoisotopic (exact) mass is 365 g/mol. The van der Waals surface area contributed by atoms with Crippen molar-refractivity contribution in [3.8, 4) is 0 Å². The molecular formula is C19H15N3O3S. The molecule has 0 unspecified atom stereocenters. The third kappa shape index (κ3) is 4.14. The van der Waals surface area contributed by atoms with Crippen molar-refractivity contribution >= 4 is 40.4 Å². The van der Waals surface area contributed by atoms with Crippen LogP contribution in [-0.4, -0.2) is 17.7 Å². The molecule has 130 valence electrons. The molecule has 0 fully saturated rings. The van der Waals surface area contributed by atoms with Crippen LogP contribution >= 0.6 is 11.3 Å². The first-order valence-corrected chi connectivity index (χ1v) is 8.57. The van der Waals surface area contributed by atoms with E-state index >= 15 is 0 Å². The maximum absolute atomic E-state index is 12.3. The van der Waals surface area contributed by atoms with E-state index < -0.39 is 5.91 Å². The van der Waals surface area contributed by atoms with Gasteiger partial charge >= 0.3 is 0 Å². The molecule has 0 spiro atoms. The molecule has 0 aliphatic heterocycles. The van der Waals surface area contributed by atoms with Crippen LogP contribution in [0.2, 0.25) is 0 Å². The SMILES string of the molecule is NC(=O)c1ccc(NC(=O)c2ccc(NC(=O)c3cccs3)cc2)cc1. The van der Waals surface area contributed by atoms with Crippen LogP contribution in [0.25, 0.3) is 0 Å². The molecule has 0 aliphatic rings. The number of anilines is 2. The normalized spacial score (nSPS) is 10.2. The van der Waals surface area contributed by atoms with E-state index in [0.29, 0.717) is 27.4 Å². The molecule has 0 saturated heterocycles. The van der Waals surface area contributed by atoms with Crippen molar-refractivity contribution in [3.63, 3.8) is 0 Å². The number of rotatable bonds is 5. The van der Waals surface area contributed by atoms with Gasteiger partial charge in [0, 0.05) is 22.5 Å². The highest BCUT2D eigenvalue weighted by atomic mass is 32.1. The number of nitrogens with two attached hydrogens (primary N) is 1. The molecule has 0 aliphatic carbocycles. The minimum Gasteiger partial charge on any atom is -0.366 e. The summed E-state index contributed by atoms with van der Waals surface area (Å²) >= 11 is 1.36. The third-order valence-corrected chi connectivity index (χ3v) is 4.45. The molecule has 4 N–H and O–H groups in total. The van der Waals surface area contributed by atoms with Crippen LogP contribution < -0.4 is 16.4 Å². The predicted octanol–water partition coefficient (Wildman–Crippen LogP) is 3.35. The minimum absolute atomic E-state index is 0.188. The molecule has 1 heterocycles. The Balaban J connectivity index is 1.63. The van der Waals surface area contributed by atoms with Crippen molar-refractivity contribution in [2.24, 2.45) is 5.73 Å². The Morgan fingerprint density at radius 3 is 1.77 bits per heavy atom. The molecule has 1 aromatic heterocycles. The summed E-state index contributed by atoms with van der Waals surface area (Å²) < 4.78 is 0. The fourth-order valence-electron chi connectivity index (χ4n) is 2.23. The maximum atomic E-state index is 12.3. The van der Waals surface area contributed by atoms with E-state index in [4.69, 9.17) is 5.73 Å². The number of hydrogen-bond acceptors (Lipinski definition) is 4. The molecule has 3 rings (SSSR count). The largest absolute Gasteiger partial charge is 0.366 e. The van der Waals surface area contributed by atoms with Gasteiger partial charge in [0.25, 0.3) is 11.8 Å². The van der Waals surface area contributed by atoms with Crippen molar-refractivity contribution in [1.29, 1.82) is 0 Å². The second-order valence-corrected chi connectivity index (χ2v) is 6.35. The first-order chi connectivity index (χ1) is 12.5. The molecule has 0 bridgehead atoms. The number of carbonyl (C=O) groups is 3. The summed E-state index contributed by atoms with van der Waals surface area (Å²) in [6, 6.07) is 16.4. The zero-order valence-corrected chi connectivity index (χ0v) is 14.4. The second-order valence-electron chi connectivity index (χ2n) is 5.40. The number of primary amides is 1. The van der Waals surface area contributed by atoms with Gasteiger partial charge in [0.05, 0.1) is 4.88 Å². The Bertz CT molecular complexity index is 933. The van der Waals surface area contributed by atoms with Crippen molar-refractivity contribution in [3.05, 3.63) is 82.0 Å². The molecule has 7 heteroatoms. The van der Waals surface area contributed by atoms with Crippen molar-refractivity contribution in [1.82, 2.24) is 0 Å². The minimum atomic E-state index is -0.525. The van der Waals surface area contributed by atoms with Gasteiger partial charge in [-0.25, -0.2) is 0 Å². The second kappa shape index (κ2) is 7.62. The van der Waals surface area contributed by atoms with Gasteiger partial charge in [0.15, 0.2) is 0 Å². The number of nitrogens with one attached hydrogen (secondary N) is 2. The third-order valence-electron chi connectivity index (χ3n) is 3.58. The highest BCUT2D eigenvalue weighted by molar-refractivity contribution is 7.12. The average molecular weight is 365 g/mol. The molecule has 3 aromatic rings. The Morgan fingerprint density at radius 1 is 0.731 bits per heavy atom. The van der Waals surface area contributed by atoms with Crippen LogP contribution in [0.5, 0.6) is 0 Å². The Morgan fingerprint density at radius 2 is 1.27 bits per heavy atom. The molecule has 3 amide bonds. The van der Waals surface area contributed by atoms with E-state index in [1.54, 1.807) is 54.6 Å². The topological polar surface area (TPSA) is 101 Å². The van der Waals surface area contributed by atoms with Gasteiger partial charge in [-0.15, -0.1) is 11.3 Å². The Hall–Kier alpha value is -3.45. The first-order valence-electron chi connectivity index (χ1n) is 7.69. The summed E-state index contributed by atoms with van der Waals surface area (Å²) in [6.45, 7) is 0. The van der Waals surface area contributed by atoms with E-state index in [0.717, 1.165) is 0 Å². The molecule has 0 atom stereocenters. The van der Waals surface area contributed by atoms with Crippen molar-refractivity contribution in [2.45, 2.75) is 0 Å². The maximum Gasteiger partial charge on any atom is 0.265 e. The summed E-state index contributed by atoms with van der Waals surface area (Å²) in [5.74, 6) is -1.01. The lowest BCUT2D eigenvalue weighted by Crippen LogP contribution is -2.14. The zero-order valence-electron chi connectivity index (χ0n) is 13.6. The van der Waals surface area contributed by atoms with Crippen LogP contribution in [0.3, 0.4) is 0 Å². The summed E-state index contributed by atoms with van der Waals surface area (Å²) in [7, 11) is 0. The smallest absolute Gasteiger partial charge is 0.265 e. The van der Waals surface area contributed by atoms with Crippen LogP contribution in [0.15, 0.2) is 66.0 Å². The van der Waals surface area contributed by atoms with Gasteiger partial charge in [-0.05, 0) is 60.0 Å². The van der Waals surface area contributed by atoms with Gasteiger partial charge in [0.2, 0.25) is 5.91 Å². The van der Waals surface area contributed by atoms with Crippen LogP contribution in [0.4, 0.5) is 11.4 Å². The van der Waals surface area contributed by atoms with E-state index in [9.17, 15) is 14.4 Å². The fourth-order valence-corrected chi connectivity index (χ4v) is 2.85. The van der Waals surface area contributed by atoms with Crippen LogP contribution in [-0.2, 0) is 0 Å². The molecule has 6 nitrogen and oxygen atoms in total. The van der Waals surface area contributed by atoms with Gasteiger partial charge < -0.3 is 16.4 Å². The summed E-state index contributed by atoms with van der Waals surface area (Å²) in [4.78, 5) is 35.9. The first kappa shape index (κ1) is 17.4. The zero-order chi connectivity index (χ0) is 18.5. The highest BCUT2D eigenvalue weighted by Crippen LogP contribution is 2.16. The lowest BCUT2D eigenvalue weighted by Gasteiger charge is -2.07. The molecule has 26 heavy (non-hydrogen) atoms.